The highest BCUT2D eigenvalue weighted by Crippen LogP contribution is 2.31. The lowest BCUT2D eigenvalue weighted by Gasteiger charge is -2.23. The van der Waals surface area contributed by atoms with E-state index in [0.717, 1.165) is 27.2 Å². The van der Waals surface area contributed by atoms with Crippen LogP contribution >= 0.6 is 15.9 Å². The highest BCUT2D eigenvalue weighted by atomic mass is 79.9. The van der Waals surface area contributed by atoms with Gasteiger partial charge in [-0.15, -0.1) is 5.10 Å². The summed E-state index contributed by atoms with van der Waals surface area (Å²) in [5, 5.41) is 4.68. The van der Waals surface area contributed by atoms with E-state index in [2.05, 4.69) is 31.0 Å². The molecule has 0 saturated heterocycles. The summed E-state index contributed by atoms with van der Waals surface area (Å²) in [6.07, 6.45) is 3.39. The molecule has 1 aliphatic rings. The van der Waals surface area contributed by atoms with E-state index in [4.69, 9.17) is 14.5 Å². The zero-order valence-electron chi connectivity index (χ0n) is 16.5. The van der Waals surface area contributed by atoms with Gasteiger partial charge in [-0.2, -0.15) is 0 Å². The lowest BCUT2D eigenvalue weighted by Crippen LogP contribution is -2.23. The molecule has 5 rings (SSSR count). The maximum Gasteiger partial charge on any atom is 0.238 e. The van der Waals surface area contributed by atoms with E-state index in [1.54, 1.807) is 13.4 Å². The Labute approximate surface area is 181 Å². The average Bonchev–Trinajstić information content (AvgIpc) is 3.39. The van der Waals surface area contributed by atoms with Crippen LogP contribution in [0.2, 0.25) is 0 Å². The van der Waals surface area contributed by atoms with Gasteiger partial charge in [0.2, 0.25) is 5.88 Å². The van der Waals surface area contributed by atoms with Gasteiger partial charge >= 0.3 is 0 Å². The lowest BCUT2D eigenvalue weighted by molar-refractivity contribution is 0.0389. The van der Waals surface area contributed by atoms with Crippen molar-refractivity contribution >= 4 is 15.9 Å². The Hall–Kier alpha value is -3.04. The molecule has 0 spiro atoms. The van der Waals surface area contributed by atoms with Crippen LogP contribution in [0.25, 0.3) is 17.2 Å². The summed E-state index contributed by atoms with van der Waals surface area (Å²) in [5.41, 5.74) is 3.40. The highest BCUT2D eigenvalue weighted by molar-refractivity contribution is 9.10. The SMILES string of the molecule is COc1nc(-c2nc3n(n2)CCO[C@H]3c2cccc(Br)c2)ccc1-n1cnc(C)c1. The predicted molar refractivity (Wildman–Crippen MR) is 114 cm³/mol. The second kappa shape index (κ2) is 7.66. The molecule has 0 saturated carbocycles. The van der Waals surface area contributed by atoms with Gasteiger partial charge in [0, 0.05) is 10.7 Å². The summed E-state index contributed by atoms with van der Waals surface area (Å²) >= 11 is 3.53. The van der Waals surface area contributed by atoms with Gasteiger partial charge in [0.25, 0.3) is 0 Å². The number of ether oxygens (including phenoxy) is 2. The van der Waals surface area contributed by atoms with Gasteiger partial charge in [-0.3, -0.25) is 0 Å². The van der Waals surface area contributed by atoms with Crippen molar-refractivity contribution in [3.63, 3.8) is 0 Å². The van der Waals surface area contributed by atoms with Gasteiger partial charge in [-0.1, -0.05) is 28.1 Å². The molecule has 0 N–H and O–H groups in total. The quantitative estimate of drug-likeness (QED) is 0.455. The molecule has 1 aromatic carbocycles. The van der Waals surface area contributed by atoms with E-state index in [0.29, 0.717) is 30.5 Å². The zero-order chi connectivity index (χ0) is 20.7. The Kier molecular flexibility index (Phi) is 4.84. The van der Waals surface area contributed by atoms with Gasteiger partial charge in [0.1, 0.15) is 17.5 Å². The number of imidazole rings is 1. The number of benzene rings is 1. The van der Waals surface area contributed by atoms with Crippen molar-refractivity contribution in [1.82, 2.24) is 29.3 Å². The summed E-state index contributed by atoms with van der Waals surface area (Å²) in [7, 11) is 1.60. The number of nitrogens with zero attached hydrogens (tertiary/aromatic N) is 6. The first-order chi connectivity index (χ1) is 14.6. The molecular formula is C21H19BrN6O2. The van der Waals surface area contributed by atoms with Gasteiger partial charge in [0.05, 0.1) is 32.3 Å². The molecule has 30 heavy (non-hydrogen) atoms. The largest absolute Gasteiger partial charge is 0.479 e. The minimum Gasteiger partial charge on any atom is -0.479 e. The number of aromatic nitrogens is 6. The molecule has 4 aromatic rings. The van der Waals surface area contributed by atoms with Crippen molar-refractivity contribution in [3.05, 3.63) is 70.5 Å². The van der Waals surface area contributed by atoms with Crippen LogP contribution < -0.4 is 4.74 Å². The molecule has 0 fully saturated rings. The molecule has 9 heteroatoms. The summed E-state index contributed by atoms with van der Waals surface area (Å²) in [6, 6.07) is 11.9. The van der Waals surface area contributed by atoms with Gasteiger partial charge in [-0.25, -0.2) is 19.6 Å². The number of methoxy groups -OCH3 is 1. The fraction of sp³-hybridized carbons (Fsp3) is 0.238. The number of fused-ring (bicyclic) bond motifs is 1. The van der Waals surface area contributed by atoms with Crippen LogP contribution in [-0.4, -0.2) is 43.0 Å². The predicted octanol–water partition coefficient (Wildman–Crippen LogP) is 3.72. The Morgan fingerprint density at radius 1 is 1.20 bits per heavy atom. The highest BCUT2D eigenvalue weighted by Gasteiger charge is 2.27. The molecule has 0 aliphatic carbocycles. The fourth-order valence-electron chi connectivity index (χ4n) is 3.53. The molecule has 0 amide bonds. The van der Waals surface area contributed by atoms with E-state index in [9.17, 15) is 0 Å². The molecule has 1 aliphatic heterocycles. The van der Waals surface area contributed by atoms with Crippen LogP contribution in [0, 0.1) is 6.92 Å². The van der Waals surface area contributed by atoms with E-state index >= 15 is 0 Å². The number of hydrogen-bond donors (Lipinski definition) is 0. The lowest BCUT2D eigenvalue weighted by atomic mass is 10.1. The van der Waals surface area contributed by atoms with Crippen LogP contribution in [0.15, 0.2) is 53.4 Å². The van der Waals surface area contributed by atoms with Gasteiger partial charge in [-0.05, 0) is 36.8 Å². The standard InChI is InChI=1S/C21H19BrN6O2/c1-13-11-27(12-23-13)17-7-6-16(24-21(17)29-2)19-25-20-18(30-9-8-28(20)26-19)14-4-3-5-15(22)10-14/h3-7,10-12,18H,8-9H2,1-2H3/t18-/m0/s1. The van der Waals surface area contributed by atoms with Crippen molar-refractivity contribution < 1.29 is 9.47 Å². The first kappa shape index (κ1) is 19.0. The van der Waals surface area contributed by atoms with Crippen molar-refractivity contribution in [3.8, 4) is 23.1 Å². The third-order valence-electron chi connectivity index (χ3n) is 4.93. The minimum absolute atomic E-state index is 0.271. The molecule has 1 atom stereocenters. The third kappa shape index (κ3) is 3.40. The first-order valence-electron chi connectivity index (χ1n) is 9.50. The van der Waals surface area contributed by atoms with Crippen molar-refractivity contribution in [2.45, 2.75) is 19.6 Å². The summed E-state index contributed by atoms with van der Waals surface area (Å²) in [5.74, 6) is 1.80. The van der Waals surface area contributed by atoms with Crippen LogP contribution in [0.4, 0.5) is 0 Å². The number of rotatable bonds is 4. The van der Waals surface area contributed by atoms with Crippen LogP contribution in [0.5, 0.6) is 5.88 Å². The first-order valence-corrected chi connectivity index (χ1v) is 10.3. The zero-order valence-corrected chi connectivity index (χ0v) is 18.1. The Balaban J connectivity index is 1.53. The van der Waals surface area contributed by atoms with E-state index < -0.39 is 0 Å². The summed E-state index contributed by atoms with van der Waals surface area (Å²) in [4.78, 5) is 13.7. The fourth-order valence-corrected chi connectivity index (χ4v) is 3.94. The molecule has 0 unspecified atom stereocenters. The number of hydrogen-bond acceptors (Lipinski definition) is 6. The maximum absolute atomic E-state index is 6.02. The van der Waals surface area contributed by atoms with E-state index in [-0.39, 0.29) is 6.10 Å². The van der Waals surface area contributed by atoms with Crippen molar-refractivity contribution in [2.24, 2.45) is 0 Å². The topological polar surface area (TPSA) is 79.9 Å². The molecule has 0 bridgehead atoms. The second-order valence-electron chi connectivity index (χ2n) is 6.97. The second-order valence-corrected chi connectivity index (χ2v) is 7.89. The number of halogens is 1. The van der Waals surface area contributed by atoms with E-state index in [1.165, 1.54) is 0 Å². The molecule has 3 aromatic heterocycles. The Bertz CT molecular complexity index is 1220. The summed E-state index contributed by atoms with van der Waals surface area (Å²) < 4.78 is 16.3. The van der Waals surface area contributed by atoms with Crippen LogP contribution in [-0.2, 0) is 11.3 Å². The van der Waals surface area contributed by atoms with Crippen LogP contribution in [0.1, 0.15) is 23.2 Å². The van der Waals surface area contributed by atoms with Gasteiger partial charge < -0.3 is 14.0 Å². The Morgan fingerprint density at radius 3 is 2.87 bits per heavy atom. The molecular weight excluding hydrogens is 448 g/mol. The molecule has 152 valence electrons. The monoisotopic (exact) mass is 466 g/mol. The normalized spacial score (nSPS) is 15.8. The molecule has 4 heterocycles. The van der Waals surface area contributed by atoms with Crippen molar-refractivity contribution in [1.29, 1.82) is 0 Å². The third-order valence-corrected chi connectivity index (χ3v) is 5.42. The molecule has 0 radical (unpaired) electrons. The average molecular weight is 467 g/mol. The molecule has 8 nitrogen and oxygen atoms in total. The summed E-state index contributed by atoms with van der Waals surface area (Å²) in [6.45, 7) is 3.16. The minimum atomic E-state index is -0.271. The smallest absolute Gasteiger partial charge is 0.238 e. The number of pyridine rings is 1. The van der Waals surface area contributed by atoms with Gasteiger partial charge in [0.15, 0.2) is 11.6 Å². The van der Waals surface area contributed by atoms with Crippen LogP contribution in [0.3, 0.4) is 0 Å². The van der Waals surface area contributed by atoms with E-state index in [1.807, 2.05) is 58.8 Å². The Morgan fingerprint density at radius 2 is 2.10 bits per heavy atom. The number of aryl methyl sites for hydroxylation is 1. The van der Waals surface area contributed by atoms with Crippen molar-refractivity contribution in [2.75, 3.05) is 13.7 Å². The maximum atomic E-state index is 6.02.